The van der Waals surface area contributed by atoms with Gasteiger partial charge in [-0.25, -0.2) is 0 Å². The minimum Gasteiger partial charge on any atom is -0.491 e. The molecule has 0 spiro atoms. The molecule has 3 nitrogen and oxygen atoms in total. The average Bonchev–Trinajstić information content (AvgIpc) is 2.47. The van der Waals surface area contributed by atoms with E-state index in [1.54, 1.807) is 0 Å². The van der Waals surface area contributed by atoms with Crippen LogP contribution in [0.5, 0.6) is 5.75 Å². The number of ether oxygens (including phenoxy) is 1. The number of likely N-dealkylation sites (N-methyl/N-ethyl adjacent to an activating group) is 1. The van der Waals surface area contributed by atoms with Gasteiger partial charge in [0, 0.05) is 12.6 Å². The first kappa shape index (κ1) is 16.3. The molecule has 0 saturated heterocycles. The highest BCUT2D eigenvalue weighted by Gasteiger charge is 2.20. The van der Waals surface area contributed by atoms with Gasteiger partial charge < -0.3 is 14.7 Å². The Labute approximate surface area is 128 Å². The van der Waals surface area contributed by atoms with Crippen LogP contribution in [0, 0.1) is 13.8 Å². The lowest BCUT2D eigenvalue weighted by atomic mass is 9.94. The maximum Gasteiger partial charge on any atom is 0.122 e. The van der Waals surface area contributed by atoms with E-state index in [0.29, 0.717) is 19.2 Å². The highest BCUT2D eigenvalue weighted by molar-refractivity contribution is 5.35. The van der Waals surface area contributed by atoms with Gasteiger partial charge in [0.25, 0.3) is 0 Å². The van der Waals surface area contributed by atoms with Crippen LogP contribution in [0.2, 0.25) is 0 Å². The lowest BCUT2D eigenvalue weighted by molar-refractivity contribution is 0.0559. The van der Waals surface area contributed by atoms with Gasteiger partial charge in [-0.15, -0.1) is 0 Å². The van der Waals surface area contributed by atoms with Gasteiger partial charge in [0.05, 0.1) is 0 Å². The van der Waals surface area contributed by atoms with Crippen LogP contribution in [0.3, 0.4) is 0 Å². The predicted octanol–water partition coefficient (Wildman–Crippen LogP) is 3.31. The van der Waals surface area contributed by atoms with Crippen LogP contribution in [0.4, 0.5) is 0 Å². The van der Waals surface area contributed by atoms with Crippen molar-refractivity contribution in [3.8, 4) is 5.75 Å². The molecule has 118 valence electrons. The number of aryl methyl sites for hydroxylation is 2. The Morgan fingerprint density at radius 3 is 2.62 bits per heavy atom. The normalized spacial score (nSPS) is 18.0. The van der Waals surface area contributed by atoms with E-state index < -0.39 is 6.10 Å². The van der Waals surface area contributed by atoms with E-state index in [-0.39, 0.29) is 0 Å². The lowest BCUT2D eigenvalue weighted by Gasteiger charge is -2.32. The molecule has 1 atom stereocenters. The van der Waals surface area contributed by atoms with Crippen molar-refractivity contribution < 1.29 is 9.84 Å². The first-order valence-electron chi connectivity index (χ1n) is 8.14. The molecule has 1 aromatic rings. The van der Waals surface area contributed by atoms with Crippen LogP contribution < -0.4 is 4.74 Å². The zero-order valence-corrected chi connectivity index (χ0v) is 13.6. The molecular weight excluding hydrogens is 262 g/mol. The molecule has 2 rings (SSSR count). The summed E-state index contributed by atoms with van der Waals surface area (Å²) in [6.07, 6.45) is 6.11. The molecule has 1 fully saturated rings. The summed E-state index contributed by atoms with van der Waals surface area (Å²) in [4.78, 5) is 2.30. The van der Waals surface area contributed by atoms with Gasteiger partial charge in [0.15, 0.2) is 0 Å². The number of nitrogens with zero attached hydrogens (tertiary/aromatic N) is 1. The molecule has 0 radical (unpaired) electrons. The van der Waals surface area contributed by atoms with E-state index in [1.807, 2.05) is 19.1 Å². The van der Waals surface area contributed by atoms with Crippen molar-refractivity contribution in [2.45, 2.75) is 58.1 Å². The number of benzene rings is 1. The van der Waals surface area contributed by atoms with Crippen LogP contribution in [0.15, 0.2) is 18.2 Å². The second kappa shape index (κ2) is 7.81. The molecule has 3 heteroatoms. The van der Waals surface area contributed by atoms with Crippen LogP contribution in [-0.2, 0) is 0 Å². The Balaban J connectivity index is 1.77. The van der Waals surface area contributed by atoms with Crippen molar-refractivity contribution in [3.63, 3.8) is 0 Å². The molecule has 1 saturated carbocycles. The number of aliphatic hydroxyl groups excluding tert-OH is 1. The van der Waals surface area contributed by atoms with Crippen molar-refractivity contribution in [1.82, 2.24) is 4.90 Å². The van der Waals surface area contributed by atoms with Crippen molar-refractivity contribution >= 4 is 0 Å². The smallest absolute Gasteiger partial charge is 0.122 e. The van der Waals surface area contributed by atoms with Gasteiger partial charge in [-0.05, 0) is 45.4 Å². The van der Waals surface area contributed by atoms with E-state index in [2.05, 4.69) is 24.9 Å². The van der Waals surface area contributed by atoms with Crippen LogP contribution in [0.1, 0.15) is 43.2 Å². The maximum absolute atomic E-state index is 10.2. The zero-order valence-electron chi connectivity index (χ0n) is 13.6. The fourth-order valence-electron chi connectivity index (χ4n) is 3.20. The third-order valence-corrected chi connectivity index (χ3v) is 4.46. The SMILES string of the molecule is Cc1ccc(OC[C@H](O)CN(C)C2CCCCC2)c(C)c1. The average molecular weight is 291 g/mol. The Kier molecular flexibility index (Phi) is 6.07. The Hall–Kier alpha value is -1.06. The first-order valence-corrected chi connectivity index (χ1v) is 8.14. The first-order chi connectivity index (χ1) is 10.1. The van der Waals surface area contributed by atoms with Crippen LogP contribution >= 0.6 is 0 Å². The molecule has 0 aliphatic heterocycles. The molecular formula is C18H29NO2. The number of hydrogen-bond donors (Lipinski definition) is 1. The third-order valence-electron chi connectivity index (χ3n) is 4.46. The highest BCUT2D eigenvalue weighted by Crippen LogP contribution is 2.22. The fraction of sp³-hybridized carbons (Fsp3) is 0.667. The van der Waals surface area contributed by atoms with Gasteiger partial charge in [-0.1, -0.05) is 37.0 Å². The van der Waals surface area contributed by atoms with Crippen LogP contribution in [0.25, 0.3) is 0 Å². The highest BCUT2D eigenvalue weighted by atomic mass is 16.5. The Morgan fingerprint density at radius 1 is 1.24 bits per heavy atom. The van der Waals surface area contributed by atoms with Gasteiger partial charge in [-0.2, -0.15) is 0 Å². The van der Waals surface area contributed by atoms with Crippen molar-refractivity contribution in [3.05, 3.63) is 29.3 Å². The van der Waals surface area contributed by atoms with Crippen LogP contribution in [-0.4, -0.2) is 42.4 Å². The second-order valence-corrected chi connectivity index (χ2v) is 6.47. The van der Waals surface area contributed by atoms with Gasteiger partial charge >= 0.3 is 0 Å². The topological polar surface area (TPSA) is 32.7 Å². The molecule has 0 aromatic heterocycles. The zero-order chi connectivity index (χ0) is 15.2. The summed E-state index contributed by atoms with van der Waals surface area (Å²) in [5.41, 5.74) is 2.36. The second-order valence-electron chi connectivity index (χ2n) is 6.47. The lowest BCUT2D eigenvalue weighted by Crippen LogP contribution is -2.40. The quantitative estimate of drug-likeness (QED) is 0.873. The Morgan fingerprint density at radius 2 is 1.95 bits per heavy atom. The summed E-state index contributed by atoms with van der Waals surface area (Å²) in [6.45, 7) is 5.17. The summed E-state index contributed by atoms with van der Waals surface area (Å²) in [5, 5.41) is 10.2. The summed E-state index contributed by atoms with van der Waals surface area (Å²) in [7, 11) is 2.12. The largest absolute Gasteiger partial charge is 0.491 e. The summed E-state index contributed by atoms with van der Waals surface area (Å²) >= 11 is 0. The standard InChI is InChI=1S/C18H29NO2/c1-14-9-10-18(15(2)11-14)21-13-17(20)12-19(3)16-7-5-4-6-8-16/h9-11,16-17,20H,4-8,12-13H2,1-3H3/t17-/m1/s1. The molecule has 0 heterocycles. The molecule has 1 aliphatic rings. The number of aliphatic hydroxyl groups is 1. The monoisotopic (exact) mass is 291 g/mol. The summed E-state index contributed by atoms with van der Waals surface area (Å²) < 4.78 is 5.77. The predicted molar refractivity (Wildman–Crippen MR) is 86.9 cm³/mol. The molecule has 1 N–H and O–H groups in total. The van der Waals surface area contributed by atoms with E-state index in [4.69, 9.17) is 4.74 Å². The molecule has 1 aromatic carbocycles. The van der Waals surface area contributed by atoms with E-state index in [9.17, 15) is 5.11 Å². The molecule has 0 amide bonds. The molecule has 0 bridgehead atoms. The Bertz CT molecular complexity index is 441. The van der Waals surface area contributed by atoms with Gasteiger partial charge in [0.2, 0.25) is 0 Å². The fourth-order valence-corrected chi connectivity index (χ4v) is 3.20. The van der Waals surface area contributed by atoms with Crippen molar-refractivity contribution in [2.75, 3.05) is 20.2 Å². The molecule has 1 aliphatic carbocycles. The summed E-state index contributed by atoms with van der Waals surface area (Å²) in [6, 6.07) is 6.77. The number of hydrogen-bond acceptors (Lipinski definition) is 3. The van der Waals surface area contributed by atoms with E-state index in [0.717, 1.165) is 11.3 Å². The third kappa shape index (κ3) is 5.01. The van der Waals surface area contributed by atoms with Gasteiger partial charge in [0.1, 0.15) is 18.5 Å². The van der Waals surface area contributed by atoms with E-state index in [1.165, 1.54) is 37.7 Å². The minimum atomic E-state index is -0.433. The maximum atomic E-state index is 10.2. The summed E-state index contributed by atoms with van der Waals surface area (Å²) in [5.74, 6) is 0.875. The minimum absolute atomic E-state index is 0.362. The van der Waals surface area contributed by atoms with Crippen molar-refractivity contribution in [1.29, 1.82) is 0 Å². The van der Waals surface area contributed by atoms with Crippen molar-refractivity contribution in [2.24, 2.45) is 0 Å². The molecule has 0 unspecified atom stereocenters. The molecule has 21 heavy (non-hydrogen) atoms. The van der Waals surface area contributed by atoms with Gasteiger partial charge in [-0.3, -0.25) is 0 Å². The van der Waals surface area contributed by atoms with E-state index >= 15 is 0 Å². The number of rotatable bonds is 6.